The highest BCUT2D eigenvalue weighted by Crippen LogP contribution is 2.35. The Bertz CT molecular complexity index is 970. The Morgan fingerprint density at radius 2 is 1.83 bits per heavy atom. The number of fused-ring (bicyclic) bond motifs is 1. The molecule has 0 aliphatic heterocycles. The first-order chi connectivity index (χ1) is 11.5. The number of rotatable bonds is 3. The Hall–Kier alpha value is -2.92. The number of carbonyl (C=O) groups excluding carboxylic acids is 1. The summed E-state index contributed by atoms with van der Waals surface area (Å²) in [5.41, 5.74) is 1.59. The molecule has 2 N–H and O–H groups in total. The molecule has 3 aromatic rings. The summed E-state index contributed by atoms with van der Waals surface area (Å²) < 4.78 is 0. The number of hydrogen-bond acceptors (Lipinski definition) is 4. The molecule has 0 aliphatic carbocycles. The number of nitrogens with zero attached hydrogens (tertiary/aromatic N) is 1. The maximum Gasteiger partial charge on any atom is 0.259 e. The van der Waals surface area contributed by atoms with Crippen LogP contribution in [0.4, 0.5) is 11.4 Å². The van der Waals surface area contributed by atoms with Crippen molar-refractivity contribution in [3.05, 3.63) is 69.6 Å². The fourth-order valence-electron chi connectivity index (χ4n) is 2.60. The summed E-state index contributed by atoms with van der Waals surface area (Å²) in [5, 5.41) is 17.4. The van der Waals surface area contributed by atoms with Crippen molar-refractivity contribution in [2.45, 2.75) is 6.92 Å². The molecule has 0 unspecified atom stereocenters. The minimum absolute atomic E-state index is 0.0711. The average Bonchev–Trinajstić information content (AvgIpc) is 2.57. The van der Waals surface area contributed by atoms with E-state index in [1.54, 1.807) is 37.3 Å². The van der Waals surface area contributed by atoms with Crippen molar-refractivity contribution in [3.8, 4) is 5.75 Å². The molecule has 0 fully saturated rings. The van der Waals surface area contributed by atoms with E-state index in [0.29, 0.717) is 32.7 Å². The lowest BCUT2D eigenvalue weighted by Gasteiger charge is -2.12. The van der Waals surface area contributed by atoms with E-state index in [-0.39, 0.29) is 11.3 Å². The Morgan fingerprint density at radius 3 is 2.54 bits per heavy atom. The van der Waals surface area contributed by atoms with Gasteiger partial charge in [-0.2, -0.15) is 0 Å². The maximum atomic E-state index is 12.5. The van der Waals surface area contributed by atoms with Gasteiger partial charge in [0.25, 0.3) is 5.91 Å². The number of amides is 1. The molecule has 0 aliphatic rings. The van der Waals surface area contributed by atoms with Gasteiger partial charge in [0.2, 0.25) is 0 Å². The van der Waals surface area contributed by atoms with Crippen molar-refractivity contribution in [3.63, 3.8) is 0 Å². The van der Waals surface area contributed by atoms with Gasteiger partial charge in [-0.1, -0.05) is 35.9 Å². The van der Waals surface area contributed by atoms with Crippen molar-refractivity contribution >= 4 is 39.7 Å². The highest BCUT2D eigenvalue weighted by atomic mass is 35.5. The predicted octanol–water partition coefficient (Wildman–Crippen LogP) is 5.16. The van der Waals surface area contributed by atoms with E-state index in [1.807, 2.05) is 0 Å². The van der Waals surface area contributed by atoms with Crippen LogP contribution >= 0.6 is 11.6 Å². The number of nitrogens with one attached hydrogen (secondary N) is 1. The molecule has 0 radical (unpaired) electrons. The summed E-state index contributed by atoms with van der Waals surface area (Å²) >= 11 is 5.89. The molecule has 0 heterocycles. The van der Waals surface area contributed by atoms with Gasteiger partial charge < -0.3 is 10.4 Å². The SMILES string of the molecule is Cc1cc(NC(=O)c2cc(Cl)ccc2O)c2ccccc2c1N=O. The number of halogens is 1. The van der Waals surface area contributed by atoms with Gasteiger partial charge in [0, 0.05) is 21.5 Å². The Kier molecular flexibility index (Phi) is 4.18. The first-order valence-corrected chi connectivity index (χ1v) is 7.54. The van der Waals surface area contributed by atoms with Crippen molar-refractivity contribution in [1.29, 1.82) is 0 Å². The second-order valence-electron chi connectivity index (χ2n) is 5.34. The van der Waals surface area contributed by atoms with Gasteiger partial charge in [0.1, 0.15) is 11.4 Å². The van der Waals surface area contributed by atoms with Crippen molar-refractivity contribution in [1.82, 2.24) is 0 Å². The second kappa shape index (κ2) is 6.29. The molecule has 3 rings (SSSR count). The highest BCUT2D eigenvalue weighted by molar-refractivity contribution is 6.31. The van der Waals surface area contributed by atoms with Crippen LogP contribution in [0.2, 0.25) is 5.02 Å². The molecule has 5 nitrogen and oxygen atoms in total. The Labute approximate surface area is 142 Å². The van der Waals surface area contributed by atoms with Crippen LogP contribution in [-0.4, -0.2) is 11.0 Å². The molecule has 24 heavy (non-hydrogen) atoms. The third-order valence-electron chi connectivity index (χ3n) is 3.75. The largest absolute Gasteiger partial charge is 0.507 e. The number of benzene rings is 3. The zero-order chi connectivity index (χ0) is 17.3. The molecule has 0 saturated carbocycles. The van der Waals surface area contributed by atoms with Gasteiger partial charge in [-0.15, -0.1) is 4.91 Å². The number of anilines is 1. The zero-order valence-electron chi connectivity index (χ0n) is 12.7. The molecule has 0 aromatic heterocycles. The molecular weight excluding hydrogens is 328 g/mol. The van der Waals surface area contributed by atoms with Gasteiger partial charge >= 0.3 is 0 Å². The number of carbonyl (C=O) groups is 1. The first-order valence-electron chi connectivity index (χ1n) is 7.17. The minimum atomic E-state index is -0.494. The van der Waals surface area contributed by atoms with E-state index in [4.69, 9.17) is 11.6 Å². The molecule has 0 atom stereocenters. The van der Waals surface area contributed by atoms with Crippen LogP contribution in [0.25, 0.3) is 10.8 Å². The predicted molar refractivity (Wildman–Crippen MR) is 95.2 cm³/mol. The minimum Gasteiger partial charge on any atom is -0.507 e. The van der Waals surface area contributed by atoms with Gasteiger partial charge in [-0.3, -0.25) is 4.79 Å². The fourth-order valence-corrected chi connectivity index (χ4v) is 2.78. The van der Waals surface area contributed by atoms with Crippen LogP contribution in [0.15, 0.2) is 53.7 Å². The normalized spacial score (nSPS) is 10.6. The van der Waals surface area contributed by atoms with Gasteiger partial charge in [0.05, 0.1) is 5.56 Å². The number of aromatic hydroxyl groups is 1. The highest BCUT2D eigenvalue weighted by Gasteiger charge is 2.15. The van der Waals surface area contributed by atoms with Gasteiger partial charge in [-0.05, 0) is 41.9 Å². The van der Waals surface area contributed by atoms with Crippen LogP contribution < -0.4 is 5.32 Å². The number of aryl methyl sites for hydroxylation is 1. The van der Waals surface area contributed by atoms with E-state index in [9.17, 15) is 14.8 Å². The zero-order valence-corrected chi connectivity index (χ0v) is 13.5. The molecule has 0 spiro atoms. The molecular formula is C18H13ClN2O3. The number of phenols is 1. The lowest BCUT2D eigenvalue weighted by Crippen LogP contribution is -2.12. The summed E-state index contributed by atoms with van der Waals surface area (Å²) in [6.07, 6.45) is 0. The molecule has 0 saturated heterocycles. The molecule has 6 heteroatoms. The third kappa shape index (κ3) is 2.81. The molecule has 1 amide bonds. The summed E-state index contributed by atoms with van der Waals surface area (Å²) in [7, 11) is 0. The molecule has 3 aromatic carbocycles. The van der Waals surface area contributed by atoms with E-state index < -0.39 is 5.91 Å². The van der Waals surface area contributed by atoms with Crippen molar-refractivity contribution < 1.29 is 9.90 Å². The lowest BCUT2D eigenvalue weighted by atomic mass is 10.0. The van der Waals surface area contributed by atoms with Crippen LogP contribution in [0.1, 0.15) is 15.9 Å². The quantitative estimate of drug-likeness (QED) is 0.646. The van der Waals surface area contributed by atoms with Crippen molar-refractivity contribution in [2.24, 2.45) is 5.18 Å². The number of hydrogen-bond donors (Lipinski definition) is 2. The van der Waals surface area contributed by atoms with Crippen LogP contribution in [0.5, 0.6) is 5.75 Å². The number of phenolic OH excluding ortho intramolecular Hbond substituents is 1. The van der Waals surface area contributed by atoms with E-state index >= 15 is 0 Å². The summed E-state index contributed by atoms with van der Waals surface area (Å²) in [6.45, 7) is 1.75. The van der Waals surface area contributed by atoms with Crippen LogP contribution in [0.3, 0.4) is 0 Å². The van der Waals surface area contributed by atoms with Crippen molar-refractivity contribution in [2.75, 3.05) is 5.32 Å². The van der Waals surface area contributed by atoms with E-state index in [1.165, 1.54) is 18.2 Å². The summed E-state index contributed by atoms with van der Waals surface area (Å²) in [5.74, 6) is -0.657. The smallest absolute Gasteiger partial charge is 0.259 e. The summed E-state index contributed by atoms with van der Waals surface area (Å²) in [4.78, 5) is 23.6. The molecule has 0 bridgehead atoms. The van der Waals surface area contributed by atoms with E-state index in [2.05, 4.69) is 10.5 Å². The van der Waals surface area contributed by atoms with Gasteiger partial charge in [-0.25, -0.2) is 0 Å². The molecule has 120 valence electrons. The number of nitroso groups, excluding NO2 is 1. The van der Waals surface area contributed by atoms with Crippen LogP contribution in [0, 0.1) is 11.8 Å². The second-order valence-corrected chi connectivity index (χ2v) is 5.78. The topological polar surface area (TPSA) is 78.8 Å². The maximum absolute atomic E-state index is 12.5. The lowest BCUT2D eigenvalue weighted by molar-refractivity contribution is 0.102. The average molecular weight is 341 g/mol. The van der Waals surface area contributed by atoms with Gasteiger partial charge in [0.15, 0.2) is 0 Å². The van der Waals surface area contributed by atoms with E-state index in [0.717, 1.165) is 0 Å². The summed E-state index contributed by atoms with van der Waals surface area (Å²) in [6, 6.07) is 13.1. The van der Waals surface area contributed by atoms with Crippen LogP contribution in [-0.2, 0) is 0 Å². The Morgan fingerprint density at radius 1 is 1.12 bits per heavy atom. The standard InChI is InChI=1S/C18H13ClN2O3/c1-10-8-15(12-4-2-3-5-13(12)17(10)21-24)20-18(23)14-9-11(19)6-7-16(14)22/h2-9,22H,1H3,(H,20,23). The Balaban J connectivity index is 2.09. The first kappa shape index (κ1) is 16.0. The monoisotopic (exact) mass is 340 g/mol. The fraction of sp³-hybridized carbons (Fsp3) is 0.0556. The third-order valence-corrected chi connectivity index (χ3v) is 3.98.